The molecule has 0 fully saturated rings. The molecular formula is C18H23FN2O2. The minimum absolute atomic E-state index is 0.0139. The maximum atomic E-state index is 13.2. The second-order valence-corrected chi connectivity index (χ2v) is 5.93. The van der Waals surface area contributed by atoms with E-state index >= 15 is 0 Å². The number of rotatable bonds is 6. The summed E-state index contributed by atoms with van der Waals surface area (Å²) < 4.78 is 18.8. The molecule has 5 heteroatoms. The third-order valence-electron chi connectivity index (χ3n) is 3.90. The summed E-state index contributed by atoms with van der Waals surface area (Å²) in [6.45, 7) is 4.70. The lowest BCUT2D eigenvalue weighted by molar-refractivity contribution is -0.135. The van der Waals surface area contributed by atoms with Crippen LogP contribution in [0.1, 0.15) is 24.0 Å². The largest absolute Gasteiger partial charge is 0.465 e. The smallest absolute Gasteiger partial charge is 0.239 e. The van der Waals surface area contributed by atoms with Crippen molar-refractivity contribution < 1.29 is 13.6 Å². The molecule has 0 saturated heterocycles. The Hall–Kier alpha value is -2.14. The highest BCUT2D eigenvalue weighted by Crippen LogP contribution is 2.13. The number of amides is 1. The molecule has 0 aliphatic heterocycles. The second-order valence-electron chi connectivity index (χ2n) is 5.93. The molecular weight excluding hydrogens is 295 g/mol. The molecule has 1 amide bonds. The van der Waals surface area contributed by atoms with E-state index < -0.39 is 0 Å². The normalized spacial score (nSPS) is 12.4. The van der Waals surface area contributed by atoms with Crippen molar-refractivity contribution >= 4 is 5.91 Å². The average molecular weight is 318 g/mol. The summed E-state index contributed by atoms with van der Waals surface area (Å²) in [7, 11) is 3.62. The summed E-state index contributed by atoms with van der Waals surface area (Å²) in [5.74, 6) is 1.38. The van der Waals surface area contributed by atoms with Gasteiger partial charge in [-0.25, -0.2) is 4.39 Å². The number of hydrogen-bond acceptors (Lipinski definition) is 3. The van der Waals surface area contributed by atoms with E-state index in [1.807, 2.05) is 44.0 Å². The van der Waals surface area contributed by atoms with Crippen molar-refractivity contribution in [2.75, 3.05) is 14.1 Å². The fraction of sp³-hybridized carbons (Fsp3) is 0.389. The molecule has 0 aliphatic carbocycles. The first-order valence-corrected chi connectivity index (χ1v) is 7.62. The lowest BCUT2D eigenvalue weighted by Crippen LogP contribution is -2.43. The standard InChI is InChI=1S/C18H23FN2O2/c1-13-8-9-17(23-13)12-20(3)14(2)18(22)21(4)11-15-6-5-7-16(19)10-15/h5-10,14H,11-12H2,1-4H3. The Morgan fingerprint density at radius 3 is 2.57 bits per heavy atom. The number of aryl methyl sites for hydroxylation is 1. The van der Waals surface area contributed by atoms with Gasteiger partial charge in [0.05, 0.1) is 12.6 Å². The van der Waals surface area contributed by atoms with Gasteiger partial charge >= 0.3 is 0 Å². The van der Waals surface area contributed by atoms with Crippen LogP contribution in [0.4, 0.5) is 4.39 Å². The molecule has 0 N–H and O–H groups in total. The van der Waals surface area contributed by atoms with E-state index in [0.29, 0.717) is 13.1 Å². The van der Waals surface area contributed by atoms with Crippen LogP contribution in [0.2, 0.25) is 0 Å². The summed E-state index contributed by atoms with van der Waals surface area (Å²) in [5.41, 5.74) is 0.775. The van der Waals surface area contributed by atoms with Gasteiger partial charge in [-0.15, -0.1) is 0 Å². The Kier molecular flexibility index (Phi) is 5.55. The van der Waals surface area contributed by atoms with Gasteiger partial charge in [-0.05, 0) is 50.7 Å². The lowest BCUT2D eigenvalue weighted by Gasteiger charge is -2.27. The number of likely N-dealkylation sites (N-methyl/N-ethyl adjacent to an activating group) is 2. The third kappa shape index (κ3) is 4.66. The Labute approximate surface area is 136 Å². The molecule has 124 valence electrons. The Bertz CT molecular complexity index is 669. The first-order chi connectivity index (χ1) is 10.9. The second kappa shape index (κ2) is 7.42. The van der Waals surface area contributed by atoms with Gasteiger partial charge in [-0.2, -0.15) is 0 Å². The summed E-state index contributed by atoms with van der Waals surface area (Å²) in [6, 6.07) is 9.84. The molecule has 1 unspecified atom stereocenters. The Balaban J connectivity index is 1.94. The van der Waals surface area contributed by atoms with Gasteiger partial charge in [0, 0.05) is 13.6 Å². The van der Waals surface area contributed by atoms with E-state index in [2.05, 4.69) is 0 Å². The maximum Gasteiger partial charge on any atom is 0.239 e. The number of nitrogens with zero attached hydrogens (tertiary/aromatic N) is 2. The average Bonchev–Trinajstić information content (AvgIpc) is 2.90. The van der Waals surface area contributed by atoms with Crippen LogP contribution in [-0.2, 0) is 17.9 Å². The van der Waals surface area contributed by atoms with Crippen molar-refractivity contribution in [1.82, 2.24) is 9.80 Å². The quantitative estimate of drug-likeness (QED) is 0.820. The van der Waals surface area contributed by atoms with E-state index in [9.17, 15) is 9.18 Å². The van der Waals surface area contributed by atoms with Crippen molar-refractivity contribution in [3.8, 4) is 0 Å². The third-order valence-corrected chi connectivity index (χ3v) is 3.90. The SMILES string of the molecule is Cc1ccc(CN(C)C(C)C(=O)N(C)Cc2cccc(F)c2)o1. The van der Waals surface area contributed by atoms with Gasteiger partial charge in [0.1, 0.15) is 17.3 Å². The highest BCUT2D eigenvalue weighted by Gasteiger charge is 2.22. The number of furan rings is 1. The first kappa shape index (κ1) is 17.2. The van der Waals surface area contributed by atoms with Crippen molar-refractivity contribution in [1.29, 1.82) is 0 Å². The Morgan fingerprint density at radius 1 is 1.22 bits per heavy atom. The van der Waals surface area contributed by atoms with Crippen molar-refractivity contribution in [3.63, 3.8) is 0 Å². The van der Waals surface area contributed by atoms with Crippen LogP contribution in [0.15, 0.2) is 40.8 Å². The lowest BCUT2D eigenvalue weighted by atomic mass is 10.2. The van der Waals surface area contributed by atoms with Gasteiger partial charge in [-0.3, -0.25) is 9.69 Å². The van der Waals surface area contributed by atoms with E-state index in [-0.39, 0.29) is 17.8 Å². The molecule has 0 aliphatic rings. The number of benzene rings is 1. The first-order valence-electron chi connectivity index (χ1n) is 7.62. The predicted octanol–water partition coefficient (Wildman–Crippen LogP) is 3.21. The van der Waals surface area contributed by atoms with E-state index in [0.717, 1.165) is 17.1 Å². The summed E-state index contributed by atoms with van der Waals surface area (Å²) >= 11 is 0. The van der Waals surface area contributed by atoms with Gasteiger partial charge in [-0.1, -0.05) is 12.1 Å². The zero-order valence-electron chi connectivity index (χ0n) is 14.0. The fourth-order valence-corrected chi connectivity index (χ4v) is 2.45. The number of carbonyl (C=O) groups is 1. The highest BCUT2D eigenvalue weighted by atomic mass is 19.1. The molecule has 23 heavy (non-hydrogen) atoms. The molecule has 1 aromatic carbocycles. The van der Waals surface area contributed by atoms with Crippen LogP contribution in [0.5, 0.6) is 0 Å². The zero-order chi connectivity index (χ0) is 17.0. The van der Waals surface area contributed by atoms with Crippen LogP contribution >= 0.6 is 0 Å². The van der Waals surface area contributed by atoms with Crippen LogP contribution in [0, 0.1) is 12.7 Å². The van der Waals surface area contributed by atoms with Crippen LogP contribution in [-0.4, -0.2) is 35.8 Å². The van der Waals surface area contributed by atoms with Gasteiger partial charge in [0.25, 0.3) is 0 Å². The van der Waals surface area contributed by atoms with Crippen molar-refractivity contribution in [2.45, 2.75) is 33.0 Å². The molecule has 0 bridgehead atoms. The molecule has 1 aromatic heterocycles. The molecule has 2 aromatic rings. The van der Waals surface area contributed by atoms with Crippen LogP contribution in [0.25, 0.3) is 0 Å². The van der Waals surface area contributed by atoms with E-state index in [4.69, 9.17) is 4.42 Å². The van der Waals surface area contributed by atoms with Gasteiger partial charge in [0.2, 0.25) is 5.91 Å². The molecule has 2 rings (SSSR count). The minimum Gasteiger partial charge on any atom is -0.465 e. The molecule has 0 radical (unpaired) electrons. The monoisotopic (exact) mass is 318 g/mol. The topological polar surface area (TPSA) is 36.7 Å². The van der Waals surface area contributed by atoms with Gasteiger partial charge < -0.3 is 9.32 Å². The number of halogens is 1. The van der Waals surface area contributed by atoms with Crippen LogP contribution < -0.4 is 0 Å². The minimum atomic E-state index is -0.293. The van der Waals surface area contributed by atoms with Gasteiger partial charge in [0.15, 0.2) is 0 Å². The Morgan fingerprint density at radius 2 is 1.96 bits per heavy atom. The van der Waals surface area contributed by atoms with E-state index in [1.54, 1.807) is 18.0 Å². The molecule has 1 atom stereocenters. The molecule has 1 heterocycles. The summed E-state index contributed by atoms with van der Waals surface area (Å²) in [5, 5.41) is 0. The summed E-state index contributed by atoms with van der Waals surface area (Å²) in [4.78, 5) is 16.1. The molecule has 0 saturated carbocycles. The predicted molar refractivity (Wildman–Crippen MR) is 87.2 cm³/mol. The number of hydrogen-bond donors (Lipinski definition) is 0. The molecule has 4 nitrogen and oxygen atoms in total. The van der Waals surface area contributed by atoms with Crippen molar-refractivity contribution in [2.24, 2.45) is 0 Å². The number of carbonyl (C=O) groups excluding carboxylic acids is 1. The molecule has 0 spiro atoms. The maximum absolute atomic E-state index is 13.2. The van der Waals surface area contributed by atoms with Crippen molar-refractivity contribution in [3.05, 3.63) is 59.3 Å². The highest BCUT2D eigenvalue weighted by molar-refractivity contribution is 5.81. The zero-order valence-corrected chi connectivity index (χ0v) is 14.0. The van der Waals surface area contributed by atoms with Crippen LogP contribution in [0.3, 0.4) is 0 Å². The van der Waals surface area contributed by atoms with E-state index in [1.165, 1.54) is 12.1 Å². The summed E-state index contributed by atoms with van der Waals surface area (Å²) in [6.07, 6.45) is 0. The fourth-order valence-electron chi connectivity index (χ4n) is 2.45.